The van der Waals surface area contributed by atoms with Crippen molar-refractivity contribution in [2.45, 2.75) is 19.8 Å². The summed E-state index contributed by atoms with van der Waals surface area (Å²) in [6.07, 6.45) is 1.88. The van der Waals surface area contributed by atoms with Gasteiger partial charge >= 0.3 is 0 Å². The second-order valence-corrected chi connectivity index (χ2v) is 6.98. The SMILES string of the molecule is CN=C(NCCc1csc(C)n1)NCCc1cccc2ccccc12. The van der Waals surface area contributed by atoms with Crippen LogP contribution in [0.5, 0.6) is 0 Å². The summed E-state index contributed by atoms with van der Waals surface area (Å²) in [5.41, 5.74) is 2.50. The summed E-state index contributed by atoms with van der Waals surface area (Å²) in [7, 11) is 1.81. The molecule has 2 aromatic carbocycles. The van der Waals surface area contributed by atoms with Crippen molar-refractivity contribution in [1.82, 2.24) is 15.6 Å². The fraction of sp³-hybridized carbons (Fsp3) is 0.300. The number of nitrogens with one attached hydrogen (secondary N) is 2. The lowest BCUT2D eigenvalue weighted by atomic mass is 10.0. The van der Waals surface area contributed by atoms with E-state index in [2.05, 4.69) is 68.5 Å². The molecule has 4 nitrogen and oxygen atoms in total. The van der Waals surface area contributed by atoms with Crippen LogP contribution in [0.2, 0.25) is 0 Å². The van der Waals surface area contributed by atoms with E-state index >= 15 is 0 Å². The number of rotatable bonds is 6. The van der Waals surface area contributed by atoms with Crippen LogP contribution in [0, 0.1) is 6.92 Å². The first-order valence-electron chi connectivity index (χ1n) is 8.58. The smallest absolute Gasteiger partial charge is 0.190 e. The molecule has 25 heavy (non-hydrogen) atoms. The maximum Gasteiger partial charge on any atom is 0.190 e. The molecular formula is C20H24N4S. The average molecular weight is 353 g/mol. The van der Waals surface area contributed by atoms with Gasteiger partial charge in [-0.25, -0.2) is 4.98 Å². The molecule has 0 saturated carbocycles. The number of aliphatic imine (C=N–C) groups is 1. The van der Waals surface area contributed by atoms with E-state index in [1.54, 1.807) is 18.4 Å². The van der Waals surface area contributed by atoms with Gasteiger partial charge in [0.2, 0.25) is 0 Å². The lowest BCUT2D eigenvalue weighted by Crippen LogP contribution is -2.39. The Labute approximate surface area is 153 Å². The molecule has 3 aromatic rings. The summed E-state index contributed by atoms with van der Waals surface area (Å²) >= 11 is 1.70. The molecule has 0 aliphatic carbocycles. The largest absolute Gasteiger partial charge is 0.356 e. The van der Waals surface area contributed by atoms with Gasteiger partial charge in [-0.1, -0.05) is 42.5 Å². The Hall–Kier alpha value is -2.40. The van der Waals surface area contributed by atoms with Crippen LogP contribution in [0.3, 0.4) is 0 Å². The molecule has 0 unspecified atom stereocenters. The third-order valence-electron chi connectivity index (χ3n) is 4.13. The normalized spacial score (nSPS) is 11.7. The molecule has 0 atom stereocenters. The summed E-state index contributed by atoms with van der Waals surface area (Å²) in [4.78, 5) is 8.78. The van der Waals surface area contributed by atoms with Gasteiger partial charge in [-0.3, -0.25) is 4.99 Å². The number of thiazole rings is 1. The molecule has 0 bridgehead atoms. The molecule has 1 aromatic heterocycles. The van der Waals surface area contributed by atoms with Gasteiger partial charge in [-0.05, 0) is 29.7 Å². The van der Waals surface area contributed by atoms with Crippen LogP contribution < -0.4 is 10.6 Å². The van der Waals surface area contributed by atoms with Gasteiger partial charge in [0.15, 0.2) is 5.96 Å². The number of benzene rings is 2. The first kappa shape index (κ1) is 17.4. The highest BCUT2D eigenvalue weighted by atomic mass is 32.1. The fourth-order valence-corrected chi connectivity index (χ4v) is 3.53. The van der Waals surface area contributed by atoms with Crippen molar-refractivity contribution in [2.75, 3.05) is 20.1 Å². The summed E-state index contributed by atoms with van der Waals surface area (Å²) in [6, 6.07) is 15.0. The van der Waals surface area contributed by atoms with E-state index in [1.165, 1.54) is 16.3 Å². The monoisotopic (exact) mass is 352 g/mol. The van der Waals surface area contributed by atoms with Crippen LogP contribution in [0.1, 0.15) is 16.3 Å². The van der Waals surface area contributed by atoms with Crippen LogP contribution in [0.15, 0.2) is 52.8 Å². The Bertz CT molecular complexity index is 848. The van der Waals surface area contributed by atoms with Crippen LogP contribution in [0.25, 0.3) is 10.8 Å². The van der Waals surface area contributed by atoms with Gasteiger partial charge in [0.25, 0.3) is 0 Å². The summed E-state index contributed by atoms with van der Waals surface area (Å²) in [5.74, 6) is 0.840. The highest BCUT2D eigenvalue weighted by molar-refractivity contribution is 7.09. The van der Waals surface area contributed by atoms with Gasteiger partial charge in [0.05, 0.1) is 10.7 Å². The number of aryl methyl sites for hydroxylation is 1. The molecular weight excluding hydrogens is 328 g/mol. The van der Waals surface area contributed by atoms with Crippen molar-refractivity contribution < 1.29 is 0 Å². The van der Waals surface area contributed by atoms with Gasteiger partial charge in [-0.15, -0.1) is 11.3 Å². The number of fused-ring (bicyclic) bond motifs is 1. The summed E-state index contributed by atoms with van der Waals surface area (Å²) in [6.45, 7) is 3.72. The molecule has 5 heteroatoms. The molecule has 0 fully saturated rings. The maximum atomic E-state index is 4.48. The number of hydrogen-bond acceptors (Lipinski definition) is 3. The number of nitrogens with zero attached hydrogens (tertiary/aromatic N) is 2. The topological polar surface area (TPSA) is 49.3 Å². The second-order valence-electron chi connectivity index (χ2n) is 5.92. The number of guanidine groups is 1. The Morgan fingerprint density at radius 3 is 2.56 bits per heavy atom. The van der Waals surface area contributed by atoms with Gasteiger partial charge in [-0.2, -0.15) is 0 Å². The van der Waals surface area contributed by atoms with E-state index < -0.39 is 0 Å². The van der Waals surface area contributed by atoms with Crippen molar-refractivity contribution in [3.8, 4) is 0 Å². The van der Waals surface area contributed by atoms with E-state index in [-0.39, 0.29) is 0 Å². The molecule has 0 saturated heterocycles. The fourth-order valence-electron chi connectivity index (χ4n) is 2.88. The Morgan fingerprint density at radius 2 is 1.80 bits per heavy atom. The minimum Gasteiger partial charge on any atom is -0.356 e. The molecule has 0 aliphatic rings. The van der Waals surface area contributed by atoms with E-state index in [9.17, 15) is 0 Å². The zero-order valence-corrected chi connectivity index (χ0v) is 15.6. The van der Waals surface area contributed by atoms with E-state index in [0.717, 1.165) is 42.6 Å². The molecule has 130 valence electrons. The summed E-state index contributed by atoms with van der Waals surface area (Å²) in [5, 5.41) is 12.6. The molecule has 2 N–H and O–H groups in total. The highest BCUT2D eigenvalue weighted by Gasteiger charge is 2.03. The number of aromatic nitrogens is 1. The van der Waals surface area contributed by atoms with Crippen molar-refractivity contribution in [3.05, 3.63) is 64.1 Å². The second kappa shape index (κ2) is 8.62. The van der Waals surface area contributed by atoms with Crippen LogP contribution in [-0.2, 0) is 12.8 Å². The van der Waals surface area contributed by atoms with E-state index in [1.807, 2.05) is 6.92 Å². The van der Waals surface area contributed by atoms with E-state index in [4.69, 9.17) is 0 Å². The van der Waals surface area contributed by atoms with Crippen LogP contribution in [0.4, 0.5) is 0 Å². The van der Waals surface area contributed by atoms with Crippen molar-refractivity contribution in [3.63, 3.8) is 0 Å². The highest BCUT2D eigenvalue weighted by Crippen LogP contribution is 2.18. The maximum absolute atomic E-state index is 4.48. The summed E-state index contributed by atoms with van der Waals surface area (Å²) < 4.78 is 0. The first-order chi connectivity index (χ1) is 12.3. The molecule has 3 rings (SSSR count). The molecule has 1 heterocycles. The van der Waals surface area contributed by atoms with Crippen molar-refractivity contribution >= 4 is 28.1 Å². The third-order valence-corrected chi connectivity index (χ3v) is 4.95. The van der Waals surface area contributed by atoms with Crippen molar-refractivity contribution in [1.29, 1.82) is 0 Å². The minimum absolute atomic E-state index is 0.830. The third kappa shape index (κ3) is 4.79. The quantitative estimate of drug-likeness (QED) is 0.527. The Kier molecular flexibility index (Phi) is 6.01. The average Bonchev–Trinajstić information content (AvgIpc) is 3.05. The molecule has 0 radical (unpaired) electrons. The first-order valence-corrected chi connectivity index (χ1v) is 9.46. The molecule has 0 aliphatic heterocycles. The zero-order valence-electron chi connectivity index (χ0n) is 14.7. The number of hydrogen-bond donors (Lipinski definition) is 2. The van der Waals surface area contributed by atoms with Gasteiger partial charge in [0, 0.05) is 31.9 Å². The molecule has 0 spiro atoms. The van der Waals surface area contributed by atoms with Gasteiger partial charge in [0.1, 0.15) is 0 Å². The minimum atomic E-state index is 0.830. The lowest BCUT2D eigenvalue weighted by Gasteiger charge is -2.12. The predicted octanol–water partition coefficient (Wildman–Crippen LogP) is 3.55. The van der Waals surface area contributed by atoms with Crippen LogP contribution in [-0.4, -0.2) is 31.1 Å². The van der Waals surface area contributed by atoms with Crippen molar-refractivity contribution in [2.24, 2.45) is 4.99 Å². The standard InChI is InChI=1S/C20H24N4S/c1-15-24-18(14-25-15)11-13-23-20(21-2)22-12-10-17-8-5-7-16-6-3-4-9-19(16)17/h3-9,14H,10-13H2,1-2H3,(H2,21,22,23). The Morgan fingerprint density at radius 1 is 1.04 bits per heavy atom. The lowest BCUT2D eigenvalue weighted by molar-refractivity contribution is 0.779. The Balaban J connectivity index is 1.48. The van der Waals surface area contributed by atoms with E-state index in [0.29, 0.717) is 0 Å². The van der Waals surface area contributed by atoms with Gasteiger partial charge < -0.3 is 10.6 Å². The predicted molar refractivity (Wildman–Crippen MR) is 108 cm³/mol. The molecule has 0 amide bonds. The zero-order chi connectivity index (χ0) is 17.5. The van der Waals surface area contributed by atoms with Crippen LogP contribution >= 0.6 is 11.3 Å².